The molecule has 0 atom stereocenters. The van der Waals surface area contributed by atoms with Crippen molar-refractivity contribution in [1.29, 1.82) is 0 Å². The first-order chi connectivity index (χ1) is 8.16. The number of rotatable bonds is 2. The molecule has 0 aliphatic carbocycles. The molecule has 7 heteroatoms. The normalized spacial score (nSPS) is 9.88. The quantitative estimate of drug-likeness (QED) is 0.693. The molecule has 2 aromatic rings. The van der Waals surface area contributed by atoms with Gasteiger partial charge in [-0.05, 0) is 12.1 Å². The van der Waals surface area contributed by atoms with E-state index in [1.54, 1.807) is 30.3 Å². The van der Waals surface area contributed by atoms with Crippen molar-refractivity contribution in [2.24, 2.45) is 0 Å². The van der Waals surface area contributed by atoms with Crippen LogP contribution in [0.1, 0.15) is 10.4 Å². The molecule has 1 aromatic heterocycles. The SMILES string of the molecule is O=C(Nc1n[nH]c(=O)[nH]c1=S)c1ccccc1. The van der Waals surface area contributed by atoms with Gasteiger partial charge in [-0.2, -0.15) is 5.10 Å². The first kappa shape index (κ1) is 11.2. The Kier molecular flexibility index (Phi) is 3.10. The van der Waals surface area contributed by atoms with E-state index in [-0.39, 0.29) is 16.4 Å². The van der Waals surface area contributed by atoms with E-state index in [4.69, 9.17) is 12.2 Å². The standard InChI is InChI=1S/C10H8N4O2S/c15-8(6-4-2-1-3-5-6)11-7-9(17)12-10(16)14-13-7/h1-5H,(H,11,13,15)(H2,12,14,16,17). The zero-order chi connectivity index (χ0) is 12.3. The van der Waals surface area contributed by atoms with Crippen LogP contribution in [0.4, 0.5) is 5.82 Å². The molecule has 0 aliphatic heterocycles. The Balaban J connectivity index is 2.25. The molecule has 17 heavy (non-hydrogen) atoms. The summed E-state index contributed by atoms with van der Waals surface area (Å²) in [4.78, 5) is 24.9. The van der Waals surface area contributed by atoms with Crippen LogP contribution in [0, 0.1) is 4.64 Å². The van der Waals surface area contributed by atoms with E-state index >= 15 is 0 Å². The van der Waals surface area contributed by atoms with Gasteiger partial charge < -0.3 is 5.32 Å². The lowest BCUT2D eigenvalue weighted by Gasteiger charge is -2.02. The second-order valence-corrected chi connectivity index (χ2v) is 3.58. The van der Waals surface area contributed by atoms with E-state index in [0.29, 0.717) is 5.56 Å². The molecule has 0 spiro atoms. The smallest absolute Gasteiger partial charge is 0.303 e. The van der Waals surface area contributed by atoms with Crippen LogP contribution in [0.15, 0.2) is 35.1 Å². The van der Waals surface area contributed by atoms with Gasteiger partial charge in [0, 0.05) is 5.56 Å². The summed E-state index contributed by atoms with van der Waals surface area (Å²) >= 11 is 4.86. The summed E-state index contributed by atoms with van der Waals surface area (Å²) in [5.41, 5.74) is -0.0392. The Bertz CT molecular complexity index is 647. The first-order valence-corrected chi connectivity index (χ1v) is 5.13. The van der Waals surface area contributed by atoms with Crippen molar-refractivity contribution in [3.05, 3.63) is 51.0 Å². The van der Waals surface area contributed by atoms with Crippen LogP contribution in [-0.2, 0) is 0 Å². The van der Waals surface area contributed by atoms with E-state index < -0.39 is 5.69 Å². The molecule has 0 bridgehead atoms. The Morgan fingerprint density at radius 1 is 1.29 bits per heavy atom. The number of benzene rings is 1. The predicted molar refractivity (Wildman–Crippen MR) is 64.4 cm³/mol. The van der Waals surface area contributed by atoms with Gasteiger partial charge in [-0.25, -0.2) is 9.89 Å². The van der Waals surface area contributed by atoms with Gasteiger partial charge in [-0.3, -0.25) is 9.78 Å². The van der Waals surface area contributed by atoms with Crippen molar-refractivity contribution >= 4 is 23.9 Å². The number of nitrogens with zero attached hydrogens (tertiary/aromatic N) is 1. The first-order valence-electron chi connectivity index (χ1n) is 4.72. The third-order valence-electron chi connectivity index (χ3n) is 1.98. The highest BCUT2D eigenvalue weighted by atomic mass is 32.1. The molecule has 86 valence electrons. The lowest BCUT2D eigenvalue weighted by molar-refractivity contribution is 0.102. The summed E-state index contributed by atoms with van der Waals surface area (Å²) in [6, 6.07) is 8.62. The van der Waals surface area contributed by atoms with Gasteiger partial charge in [0.2, 0.25) is 0 Å². The van der Waals surface area contributed by atoms with Crippen LogP contribution < -0.4 is 11.0 Å². The number of hydrogen-bond donors (Lipinski definition) is 3. The average Bonchev–Trinajstić information content (AvgIpc) is 2.34. The lowest BCUT2D eigenvalue weighted by atomic mass is 10.2. The number of carbonyl (C=O) groups excluding carboxylic acids is 1. The average molecular weight is 248 g/mol. The number of aromatic nitrogens is 3. The highest BCUT2D eigenvalue weighted by Crippen LogP contribution is 2.04. The second-order valence-electron chi connectivity index (χ2n) is 3.18. The number of H-pyrrole nitrogens is 2. The van der Waals surface area contributed by atoms with Crippen molar-refractivity contribution in [3.8, 4) is 0 Å². The van der Waals surface area contributed by atoms with Gasteiger partial charge in [0.05, 0.1) is 0 Å². The summed E-state index contributed by atoms with van der Waals surface area (Å²) in [7, 11) is 0. The van der Waals surface area contributed by atoms with Crippen LogP contribution in [-0.4, -0.2) is 21.1 Å². The summed E-state index contributed by atoms with van der Waals surface area (Å²) in [5, 5.41) is 8.29. The summed E-state index contributed by atoms with van der Waals surface area (Å²) in [5.74, 6) is -0.224. The van der Waals surface area contributed by atoms with Crippen LogP contribution in [0.2, 0.25) is 0 Å². The molecule has 1 amide bonds. The summed E-state index contributed by atoms with van der Waals surface area (Å²) in [6.07, 6.45) is 0. The molecule has 0 radical (unpaired) electrons. The van der Waals surface area contributed by atoms with E-state index in [2.05, 4.69) is 20.5 Å². The minimum atomic E-state index is -0.521. The van der Waals surface area contributed by atoms with E-state index in [0.717, 1.165) is 0 Å². The number of carbonyl (C=O) groups is 1. The van der Waals surface area contributed by atoms with Crippen molar-refractivity contribution in [3.63, 3.8) is 0 Å². The van der Waals surface area contributed by atoms with Crippen molar-refractivity contribution in [2.45, 2.75) is 0 Å². The largest absolute Gasteiger partial charge is 0.340 e. The van der Waals surface area contributed by atoms with Crippen LogP contribution in [0.5, 0.6) is 0 Å². The van der Waals surface area contributed by atoms with Crippen LogP contribution in [0.25, 0.3) is 0 Å². The molecule has 0 unspecified atom stereocenters. The third kappa shape index (κ3) is 2.64. The van der Waals surface area contributed by atoms with Gasteiger partial charge >= 0.3 is 5.69 Å². The molecule has 2 rings (SSSR count). The molecule has 0 saturated heterocycles. The Hall–Kier alpha value is -2.28. The van der Waals surface area contributed by atoms with Crippen LogP contribution in [0.3, 0.4) is 0 Å². The minimum Gasteiger partial charge on any atom is -0.303 e. The molecule has 6 nitrogen and oxygen atoms in total. The number of hydrogen-bond acceptors (Lipinski definition) is 4. The molecule has 1 aromatic carbocycles. The van der Waals surface area contributed by atoms with Gasteiger partial charge in [-0.1, -0.05) is 30.4 Å². The molecular formula is C10H8N4O2S. The maximum atomic E-state index is 11.7. The van der Waals surface area contributed by atoms with E-state index in [9.17, 15) is 9.59 Å². The van der Waals surface area contributed by atoms with Crippen molar-refractivity contribution in [1.82, 2.24) is 15.2 Å². The monoisotopic (exact) mass is 248 g/mol. The molecule has 0 saturated carbocycles. The highest BCUT2D eigenvalue weighted by molar-refractivity contribution is 7.71. The summed E-state index contributed by atoms with van der Waals surface area (Å²) < 4.78 is 0.0815. The van der Waals surface area contributed by atoms with Gasteiger partial charge in [0.25, 0.3) is 5.91 Å². The third-order valence-corrected chi connectivity index (χ3v) is 2.27. The predicted octanol–water partition coefficient (Wildman–Crippen LogP) is 1.08. The molecule has 3 N–H and O–H groups in total. The molecule has 1 heterocycles. The lowest BCUT2D eigenvalue weighted by Crippen LogP contribution is -2.18. The highest BCUT2D eigenvalue weighted by Gasteiger charge is 2.07. The Morgan fingerprint density at radius 2 is 2.00 bits per heavy atom. The second kappa shape index (κ2) is 4.71. The fourth-order valence-corrected chi connectivity index (χ4v) is 1.39. The Labute approximate surface area is 101 Å². The number of anilines is 1. The topological polar surface area (TPSA) is 90.6 Å². The number of amides is 1. The molecule has 0 fully saturated rings. The van der Waals surface area contributed by atoms with E-state index in [1.165, 1.54) is 0 Å². The zero-order valence-corrected chi connectivity index (χ0v) is 9.38. The number of aromatic amines is 2. The zero-order valence-electron chi connectivity index (χ0n) is 8.56. The maximum Gasteiger partial charge on any atom is 0.340 e. The van der Waals surface area contributed by atoms with Crippen molar-refractivity contribution < 1.29 is 4.79 Å². The molecule has 0 aliphatic rings. The van der Waals surface area contributed by atoms with Gasteiger partial charge in [0.15, 0.2) is 10.5 Å². The minimum absolute atomic E-state index is 0.0815. The summed E-state index contributed by atoms with van der Waals surface area (Å²) in [6.45, 7) is 0. The van der Waals surface area contributed by atoms with Crippen LogP contribution >= 0.6 is 12.2 Å². The van der Waals surface area contributed by atoms with Gasteiger partial charge in [0.1, 0.15) is 0 Å². The van der Waals surface area contributed by atoms with Crippen molar-refractivity contribution in [2.75, 3.05) is 5.32 Å². The Morgan fingerprint density at radius 3 is 2.65 bits per heavy atom. The van der Waals surface area contributed by atoms with Gasteiger partial charge in [-0.15, -0.1) is 0 Å². The van der Waals surface area contributed by atoms with E-state index in [1.807, 2.05) is 0 Å². The maximum absolute atomic E-state index is 11.7. The fourth-order valence-electron chi connectivity index (χ4n) is 1.20. The number of nitrogens with one attached hydrogen (secondary N) is 3. The molecular weight excluding hydrogens is 240 g/mol. The fraction of sp³-hybridized carbons (Fsp3) is 0.